The number of anilines is 1. The molecule has 0 aliphatic rings. The van der Waals surface area contributed by atoms with Crippen molar-refractivity contribution in [3.8, 4) is 0 Å². The molecule has 0 aliphatic heterocycles. The number of nitrogens with zero attached hydrogens (tertiary/aromatic N) is 2. The van der Waals surface area contributed by atoms with Gasteiger partial charge in [0.05, 0.1) is 12.1 Å². The summed E-state index contributed by atoms with van der Waals surface area (Å²) in [5, 5.41) is 0.921. The van der Waals surface area contributed by atoms with Gasteiger partial charge in [-0.25, -0.2) is 0 Å². The fourth-order valence-corrected chi connectivity index (χ4v) is 2.30. The SMILES string of the molecule is Cc1ccn(Cc2ccc(N)c3cccnc23)c(=O)c1. The first-order valence-electron chi connectivity index (χ1n) is 6.44. The van der Waals surface area contributed by atoms with Gasteiger partial charge < -0.3 is 10.3 Å². The lowest BCUT2D eigenvalue weighted by Crippen LogP contribution is -2.19. The highest BCUT2D eigenvalue weighted by Crippen LogP contribution is 2.22. The molecule has 0 radical (unpaired) electrons. The lowest BCUT2D eigenvalue weighted by atomic mass is 10.1. The van der Waals surface area contributed by atoms with Crippen molar-refractivity contribution in [2.75, 3.05) is 5.73 Å². The lowest BCUT2D eigenvalue weighted by molar-refractivity contribution is 0.760. The number of benzene rings is 1. The zero-order valence-corrected chi connectivity index (χ0v) is 11.2. The van der Waals surface area contributed by atoms with Crippen LogP contribution in [-0.4, -0.2) is 9.55 Å². The van der Waals surface area contributed by atoms with Gasteiger partial charge in [-0.15, -0.1) is 0 Å². The van der Waals surface area contributed by atoms with E-state index >= 15 is 0 Å². The van der Waals surface area contributed by atoms with E-state index in [1.807, 2.05) is 43.5 Å². The van der Waals surface area contributed by atoms with Gasteiger partial charge in [-0.2, -0.15) is 0 Å². The van der Waals surface area contributed by atoms with Crippen LogP contribution in [0.25, 0.3) is 10.9 Å². The number of fused-ring (bicyclic) bond motifs is 1. The molecule has 0 fully saturated rings. The summed E-state index contributed by atoms with van der Waals surface area (Å²) in [4.78, 5) is 16.4. The Hall–Kier alpha value is -2.62. The van der Waals surface area contributed by atoms with Crippen LogP contribution in [-0.2, 0) is 6.54 Å². The number of hydrogen-bond donors (Lipinski definition) is 1. The Labute approximate surface area is 116 Å². The summed E-state index contributed by atoms with van der Waals surface area (Å²) in [5.74, 6) is 0. The molecule has 100 valence electrons. The molecule has 0 saturated carbocycles. The molecule has 0 aliphatic carbocycles. The quantitative estimate of drug-likeness (QED) is 0.723. The second-order valence-electron chi connectivity index (χ2n) is 4.88. The van der Waals surface area contributed by atoms with Crippen molar-refractivity contribution in [3.63, 3.8) is 0 Å². The first-order valence-corrected chi connectivity index (χ1v) is 6.44. The van der Waals surface area contributed by atoms with Gasteiger partial charge in [-0.05, 0) is 42.3 Å². The van der Waals surface area contributed by atoms with Crippen LogP contribution < -0.4 is 11.3 Å². The van der Waals surface area contributed by atoms with Gasteiger partial charge in [0.15, 0.2) is 0 Å². The van der Waals surface area contributed by atoms with E-state index in [1.54, 1.807) is 16.8 Å². The van der Waals surface area contributed by atoms with Crippen molar-refractivity contribution in [2.45, 2.75) is 13.5 Å². The van der Waals surface area contributed by atoms with Crippen LogP contribution in [0, 0.1) is 6.92 Å². The van der Waals surface area contributed by atoms with Crippen molar-refractivity contribution in [1.82, 2.24) is 9.55 Å². The Balaban J connectivity index is 2.12. The van der Waals surface area contributed by atoms with Gasteiger partial charge in [0.1, 0.15) is 0 Å². The molecule has 2 N–H and O–H groups in total. The summed E-state index contributed by atoms with van der Waals surface area (Å²) in [5.41, 5.74) is 9.45. The highest BCUT2D eigenvalue weighted by Gasteiger charge is 2.06. The van der Waals surface area contributed by atoms with Crippen molar-refractivity contribution < 1.29 is 0 Å². The van der Waals surface area contributed by atoms with E-state index in [1.165, 1.54) is 0 Å². The second kappa shape index (κ2) is 4.81. The normalized spacial score (nSPS) is 10.8. The lowest BCUT2D eigenvalue weighted by Gasteiger charge is -2.10. The van der Waals surface area contributed by atoms with E-state index in [-0.39, 0.29) is 5.56 Å². The first-order chi connectivity index (χ1) is 9.65. The van der Waals surface area contributed by atoms with Crippen LogP contribution in [0.5, 0.6) is 0 Å². The van der Waals surface area contributed by atoms with Gasteiger partial charge >= 0.3 is 0 Å². The third kappa shape index (κ3) is 2.16. The minimum atomic E-state index is -0.00842. The van der Waals surface area contributed by atoms with Crippen molar-refractivity contribution in [1.29, 1.82) is 0 Å². The second-order valence-corrected chi connectivity index (χ2v) is 4.88. The van der Waals surface area contributed by atoms with E-state index < -0.39 is 0 Å². The number of aryl methyl sites for hydroxylation is 1. The van der Waals surface area contributed by atoms with Gasteiger partial charge in [0.25, 0.3) is 5.56 Å². The average Bonchev–Trinajstić information content (AvgIpc) is 2.45. The number of aromatic nitrogens is 2. The average molecular weight is 265 g/mol. The van der Waals surface area contributed by atoms with Crippen LogP contribution in [0.2, 0.25) is 0 Å². The smallest absolute Gasteiger partial charge is 0.251 e. The Morgan fingerprint density at radius 3 is 2.90 bits per heavy atom. The molecule has 2 heterocycles. The fraction of sp³-hybridized carbons (Fsp3) is 0.125. The van der Waals surface area contributed by atoms with E-state index in [0.29, 0.717) is 12.2 Å². The molecule has 0 amide bonds. The minimum Gasteiger partial charge on any atom is -0.398 e. The van der Waals surface area contributed by atoms with Crippen LogP contribution >= 0.6 is 0 Å². The summed E-state index contributed by atoms with van der Waals surface area (Å²) in [6.45, 7) is 2.40. The van der Waals surface area contributed by atoms with Gasteiger partial charge in [0.2, 0.25) is 0 Å². The third-order valence-corrected chi connectivity index (χ3v) is 3.38. The monoisotopic (exact) mass is 265 g/mol. The first kappa shape index (κ1) is 12.4. The highest BCUT2D eigenvalue weighted by molar-refractivity contribution is 5.92. The number of pyridine rings is 2. The summed E-state index contributed by atoms with van der Waals surface area (Å²) >= 11 is 0. The van der Waals surface area contributed by atoms with Crippen LogP contribution in [0.4, 0.5) is 5.69 Å². The zero-order chi connectivity index (χ0) is 14.1. The summed E-state index contributed by atoms with van der Waals surface area (Å²) in [6.07, 6.45) is 3.55. The molecule has 4 nitrogen and oxygen atoms in total. The third-order valence-electron chi connectivity index (χ3n) is 3.38. The molecule has 4 heteroatoms. The van der Waals surface area contributed by atoms with Gasteiger partial charge in [-0.3, -0.25) is 9.78 Å². The Kier molecular flexibility index (Phi) is 2.99. The summed E-state index contributed by atoms with van der Waals surface area (Å²) < 4.78 is 1.67. The van der Waals surface area contributed by atoms with Crippen molar-refractivity contribution >= 4 is 16.6 Å². The van der Waals surface area contributed by atoms with E-state index in [9.17, 15) is 4.79 Å². The standard InChI is InChI=1S/C16H15N3O/c1-11-6-8-19(15(20)9-11)10-12-4-5-14(17)13-3-2-7-18-16(12)13/h2-9H,10,17H2,1H3. The van der Waals surface area contributed by atoms with Gasteiger partial charge in [-0.1, -0.05) is 6.07 Å². The van der Waals surface area contributed by atoms with Crippen molar-refractivity contribution in [2.24, 2.45) is 0 Å². The molecule has 0 atom stereocenters. The Bertz CT molecular complexity index is 836. The highest BCUT2D eigenvalue weighted by atomic mass is 16.1. The molecule has 3 rings (SSSR count). The fourth-order valence-electron chi connectivity index (χ4n) is 2.30. The zero-order valence-electron chi connectivity index (χ0n) is 11.2. The van der Waals surface area contributed by atoms with Gasteiger partial charge in [0, 0.05) is 29.5 Å². The van der Waals surface area contributed by atoms with Crippen LogP contribution in [0.1, 0.15) is 11.1 Å². The molecule has 0 unspecified atom stereocenters. The number of nitrogen functional groups attached to an aromatic ring is 1. The molecular formula is C16H15N3O. The maximum absolute atomic E-state index is 12.0. The van der Waals surface area contributed by atoms with E-state index in [2.05, 4.69) is 4.98 Å². The maximum Gasteiger partial charge on any atom is 0.251 e. The molecule has 0 saturated heterocycles. The van der Waals surface area contributed by atoms with Crippen molar-refractivity contribution in [3.05, 3.63) is 70.3 Å². The van der Waals surface area contributed by atoms with Crippen LogP contribution in [0.3, 0.4) is 0 Å². The molecular weight excluding hydrogens is 250 g/mol. The van der Waals surface area contributed by atoms with E-state index in [0.717, 1.165) is 22.0 Å². The predicted molar refractivity (Wildman–Crippen MR) is 80.7 cm³/mol. The Morgan fingerprint density at radius 2 is 2.10 bits per heavy atom. The number of rotatable bonds is 2. The molecule has 0 spiro atoms. The summed E-state index contributed by atoms with van der Waals surface area (Å²) in [7, 11) is 0. The molecule has 1 aromatic carbocycles. The molecule has 0 bridgehead atoms. The van der Waals surface area contributed by atoms with E-state index in [4.69, 9.17) is 5.73 Å². The largest absolute Gasteiger partial charge is 0.398 e. The summed E-state index contributed by atoms with van der Waals surface area (Å²) in [6, 6.07) is 11.1. The Morgan fingerprint density at radius 1 is 1.25 bits per heavy atom. The topological polar surface area (TPSA) is 60.9 Å². The molecule has 3 aromatic rings. The predicted octanol–water partition coefficient (Wildman–Crippen LogP) is 2.34. The number of hydrogen-bond acceptors (Lipinski definition) is 3. The minimum absolute atomic E-state index is 0.00842. The number of nitrogens with two attached hydrogens (primary N) is 1. The molecule has 20 heavy (non-hydrogen) atoms. The van der Waals surface area contributed by atoms with Crippen LogP contribution in [0.15, 0.2) is 53.6 Å². The molecule has 2 aromatic heterocycles. The maximum atomic E-state index is 12.0.